The van der Waals surface area contributed by atoms with Crippen molar-refractivity contribution in [2.75, 3.05) is 32.8 Å². The van der Waals surface area contributed by atoms with Crippen LogP contribution in [-0.4, -0.2) is 152 Å². The van der Waals surface area contributed by atoms with Crippen molar-refractivity contribution in [1.29, 1.82) is 0 Å². The third kappa shape index (κ3) is 22.7. The summed E-state index contributed by atoms with van der Waals surface area (Å²) in [4.78, 5) is 68.8. The first-order chi connectivity index (χ1) is 56.8. The van der Waals surface area contributed by atoms with Gasteiger partial charge in [-0.05, 0) is 172 Å². The van der Waals surface area contributed by atoms with Gasteiger partial charge in [0.15, 0.2) is 29.9 Å². The number of alkyl carbamates (subject to hydrolysis) is 2. The van der Waals surface area contributed by atoms with E-state index in [-0.39, 0.29) is 63.8 Å². The summed E-state index contributed by atoms with van der Waals surface area (Å²) in [5, 5.41) is 24.5. The molecule has 2 fully saturated rings. The zero-order valence-corrected chi connectivity index (χ0v) is 74.7. The van der Waals surface area contributed by atoms with Gasteiger partial charge in [0.25, 0.3) is 0 Å². The first-order valence-electron chi connectivity index (χ1n) is 38.4. The van der Waals surface area contributed by atoms with E-state index in [1.54, 1.807) is 46.7 Å². The molecule has 0 spiro atoms. The van der Waals surface area contributed by atoms with Crippen molar-refractivity contribution in [3.8, 4) is 98.0 Å². The van der Waals surface area contributed by atoms with Crippen LogP contribution in [0.4, 0.5) is 22.5 Å². The number of amides is 2. The monoisotopic (exact) mass is 1760 g/mol. The molecule has 0 saturated carbocycles. The molecule has 0 bridgehead atoms. The molecule has 2 aliphatic rings. The van der Waals surface area contributed by atoms with E-state index in [0.717, 1.165) is 183 Å². The van der Waals surface area contributed by atoms with Crippen LogP contribution >= 0.6 is 49.9 Å². The molecule has 12 aromatic heterocycles. The number of ether oxygens (including phenoxy) is 4. The Morgan fingerprint density at radius 1 is 0.563 bits per heavy atom. The van der Waals surface area contributed by atoms with Crippen LogP contribution in [0.2, 0.25) is 0 Å². The van der Waals surface area contributed by atoms with Crippen molar-refractivity contribution in [2.24, 2.45) is 5.73 Å². The molecule has 17 rings (SSSR count). The molecular formula is C83H89BBrF3KN21O6S3. The number of rotatable bonds is 17. The van der Waals surface area contributed by atoms with E-state index in [4.69, 9.17) is 64.8 Å². The first-order valence-corrected chi connectivity index (χ1v) is 41.7. The molecular weight excluding hydrogens is 1670 g/mol. The number of carbonyl (C=O) groups is 2. The van der Waals surface area contributed by atoms with Crippen LogP contribution in [0.3, 0.4) is 0 Å². The Morgan fingerprint density at radius 2 is 0.966 bits per heavy atom. The molecule has 2 saturated heterocycles. The molecule has 612 valence electrons. The normalized spacial score (nSPS) is 14.0. The smallest absolute Gasteiger partial charge is 0.444 e. The number of fused-ring (bicyclic) bond motifs is 3. The molecule has 119 heavy (non-hydrogen) atoms. The SMILES string of the molecule is Cc1nc2ccc(Br)cn2c1-c1nc(-c2ccccc2)c(-c2ncn(C3CCCCO3)n2)s1.Cc1nc2ccc(CCN)cn2c1-c1nc(-c2ccccc2)c(-c2ncn[nH]2)s1.Cc1nc2ccc(CCNC(=O)OC(C)(C)C)cn2c1-c1nc(-c2ccccc2)c(-c2ncn(C3CCCCO3)n2)s1.FB(F)F.[CH2-]CNC(=O)OC(C)(C)C.[K+]. The molecule has 15 aromatic rings. The number of nitrogens with zero attached hydrogens (tertiary/aromatic N) is 17. The second-order valence-electron chi connectivity index (χ2n) is 29.4. The molecule has 2 amide bonds. The fourth-order valence-electron chi connectivity index (χ4n) is 13.1. The predicted molar refractivity (Wildman–Crippen MR) is 458 cm³/mol. The number of aromatic nitrogens is 18. The van der Waals surface area contributed by atoms with Crippen LogP contribution in [-0.2, 0) is 31.8 Å². The second-order valence-corrected chi connectivity index (χ2v) is 33.3. The molecule has 5 N–H and O–H groups in total. The number of pyridine rings is 3. The van der Waals surface area contributed by atoms with E-state index in [9.17, 15) is 22.5 Å². The van der Waals surface area contributed by atoms with Gasteiger partial charge in [0.1, 0.15) is 89.0 Å². The minimum absolute atomic E-state index is 0. The van der Waals surface area contributed by atoms with Gasteiger partial charge >= 0.3 is 71.1 Å². The maximum absolute atomic E-state index is 12.1. The van der Waals surface area contributed by atoms with Crippen LogP contribution in [0.1, 0.15) is 121 Å². The summed E-state index contributed by atoms with van der Waals surface area (Å²) < 4.78 is 62.0. The molecule has 0 aliphatic carbocycles. The Balaban J connectivity index is 0.000000153. The van der Waals surface area contributed by atoms with E-state index >= 15 is 0 Å². The van der Waals surface area contributed by atoms with E-state index < -0.39 is 30.9 Å². The van der Waals surface area contributed by atoms with Crippen molar-refractivity contribution in [2.45, 2.75) is 137 Å². The Hall–Kier alpha value is -9.57. The van der Waals surface area contributed by atoms with Crippen LogP contribution in [0.25, 0.3) is 115 Å². The van der Waals surface area contributed by atoms with E-state index in [1.165, 1.54) is 11.9 Å². The van der Waals surface area contributed by atoms with Crippen molar-refractivity contribution in [3.63, 3.8) is 0 Å². The number of halogens is 4. The van der Waals surface area contributed by atoms with Gasteiger partial charge in [-0.1, -0.05) is 103 Å². The summed E-state index contributed by atoms with van der Waals surface area (Å²) in [5.74, 6) is 2.01. The van der Waals surface area contributed by atoms with Crippen LogP contribution in [0.15, 0.2) is 169 Å². The summed E-state index contributed by atoms with van der Waals surface area (Å²) in [5.41, 5.74) is 21.0. The van der Waals surface area contributed by atoms with Gasteiger partial charge in [0.05, 0.1) is 39.0 Å². The van der Waals surface area contributed by atoms with Gasteiger partial charge in [-0.2, -0.15) is 5.10 Å². The number of aromatic amines is 1. The molecule has 2 unspecified atom stereocenters. The average Bonchev–Trinajstić information content (AvgIpc) is 1.62. The topological polar surface area (TPSA) is 315 Å². The maximum Gasteiger partial charge on any atom is 1.00 e. The summed E-state index contributed by atoms with van der Waals surface area (Å²) >= 11 is 8.33. The number of nitrogens with two attached hydrogens (primary N) is 1. The number of imidazole rings is 3. The van der Waals surface area contributed by atoms with Gasteiger partial charge in [0, 0.05) is 59.5 Å². The number of carbonyl (C=O) groups excluding carboxylic acids is 2. The summed E-state index contributed by atoms with van der Waals surface area (Å²) in [6.07, 6.45) is 18.1. The van der Waals surface area contributed by atoms with Crippen molar-refractivity contribution >= 4 is 86.6 Å². The zero-order valence-electron chi connectivity index (χ0n) is 67.6. The predicted octanol–water partition coefficient (Wildman–Crippen LogP) is 15.6. The van der Waals surface area contributed by atoms with Gasteiger partial charge in [-0.3, -0.25) is 31.2 Å². The number of H-pyrrole nitrogens is 1. The van der Waals surface area contributed by atoms with E-state index in [2.05, 4.69) is 127 Å². The molecule has 3 aromatic carbocycles. The van der Waals surface area contributed by atoms with Gasteiger partial charge in [-0.25, -0.2) is 63.8 Å². The van der Waals surface area contributed by atoms with E-state index in [1.807, 2.05) is 163 Å². The number of hydrogen-bond acceptors (Lipinski definition) is 22. The fourth-order valence-corrected chi connectivity index (χ4v) is 16.8. The van der Waals surface area contributed by atoms with Gasteiger partial charge < -0.3 is 42.2 Å². The molecule has 0 radical (unpaired) electrons. The number of benzene rings is 3. The van der Waals surface area contributed by atoms with Gasteiger partial charge in [0.2, 0.25) is 0 Å². The second kappa shape index (κ2) is 40.7. The Kier molecular flexibility index (Phi) is 30.3. The van der Waals surface area contributed by atoms with Gasteiger partial charge in [-0.15, -0.1) is 50.8 Å². The Bertz CT molecular complexity index is 5860. The minimum atomic E-state index is -3.67. The average molecular weight is 1760 g/mol. The van der Waals surface area contributed by atoms with Crippen molar-refractivity contribution < 1.29 is 92.9 Å². The van der Waals surface area contributed by atoms with Crippen LogP contribution in [0.5, 0.6) is 0 Å². The molecule has 36 heteroatoms. The third-order valence-corrected chi connectivity index (χ3v) is 21.9. The summed E-state index contributed by atoms with van der Waals surface area (Å²) in [6.45, 7) is 23.4. The molecule has 2 atom stereocenters. The standard InChI is InChI=1S/C31H35N7O3S.C24H21BrN6OS.C21H19N7S.C7H14NO2.BF3.K/c1-20-26(37-18-21(13-14-23(37)34-20)15-16-32-30(39)41-31(2,3)4)29-35-25(22-10-6-5-7-11-22)27(42-29)28-33-19-38(36-28)24-12-8-9-17-40-24;1-15-21(30-13-17(25)10-11-18(30)27-15)24-28-20(16-7-3-2-4-8-16)22(33-24)23-26-14-31(29-23)19-9-5-6-12-32-19;1-13-18(28-11-14(9-10-22)7-8-16(28)25-13)21-26-17(15-5-3-2-4-6-15)19(29-21)20-23-12-24-27-20;1-5-8-6(9)10-7(2,3)4;2-1(3)4;/h5-7,10-11,13-14,18-19,24H,8-9,12,15-17H2,1-4H3,(H,32,39);2-4,7-8,10-11,13-14,19H,5-6,9,12H2,1H3;2-8,11-12H,9-10,22H2,1H3,(H,23,24,27);1,5H2,2-4H3,(H,8,9);;/q;;;-1;;+1. The number of aryl methyl sites for hydroxylation is 3. The van der Waals surface area contributed by atoms with Crippen LogP contribution < -0.4 is 67.8 Å². The first kappa shape index (κ1) is 88.7. The quantitative estimate of drug-likeness (QED) is 0.0486. The number of thiazole rings is 3. The van der Waals surface area contributed by atoms with E-state index in [0.29, 0.717) is 43.5 Å². The van der Waals surface area contributed by atoms with Crippen molar-refractivity contribution in [3.05, 3.63) is 205 Å². The Labute approximate surface area is 749 Å². The Morgan fingerprint density at radius 3 is 1.36 bits per heavy atom. The summed E-state index contributed by atoms with van der Waals surface area (Å²) in [7, 11) is -3.67. The zero-order chi connectivity index (χ0) is 83.2. The minimum Gasteiger partial charge on any atom is -0.444 e. The molecule has 14 heterocycles. The number of hydrogen-bond donors (Lipinski definition) is 4. The summed E-state index contributed by atoms with van der Waals surface area (Å²) in [6, 6.07) is 42.6. The molecule has 27 nitrogen and oxygen atoms in total. The maximum atomic E-state index is 12.1. The third-order valence-electron chi connectivity index (χ3n) is 18.2. The number of nitrogens with one attached hydrogen (secondary N) is 3. The largest absolute Gasteiger partial charge is 1.00 e. The fraction of sp³-hybridized carbons (Fsp3) is 0.313. The van der Waals surface area contributed by atoms with Crippen LogP contribution in [0, 0.1) is 27.7 Å². The molecule has 2 aliphatic heterocycles. The van der Waals surface area contributed by atoms with Crippen molar-refractivity contribution in [1.82, 2.24) is 98.4 Å².